The predicted molar refractivity (Wildman–Crippen MR) is 67.2 cm³/mol. The molecule has 0 radical (unpaired) electrons. The second-order valence-electron chi connectivity index (χ2n) is 3.74. The summed E-state index contributed by atoms with van der Waals surface area (Å²) in [5, 5.41) is 0. The maximum atomic E-state index is 10.2. The van der Waals surface area contributed by atoms with Crippen molar-refractivity contribution in [2.24, 2.45) is 4.99 Å². The Morgan fingerprint density at radius 3 is 2.72 bits per heavy atom. The number of oxazole rings is 1. The third-order valence-electron chi connectivity index (χ3n) is 2.57. The lowest BCUT2D eigenvalue weighted by Gasteiger charge is -1.91. The Bertz CT molecular complexity index is 741. The second-order valence-corrected chi connectivity index (χ2v) is 3.74. The molecule has 0 atom stereocenters. The van der Waals surface area contributed by atoms with Crippen molar-refractivity contribution >= 4 is 22.9 Å². The number of aliphatic imine (C=N–C) groups is 1. The van der Waals surface area contributed by atoms with Crippen LogP contribution in [0.5, 0.6) is 0 Å². The van der Waals surface area contributed by atoms with Gasteiger partial charge in [0, 0.05) is 5.56 Å². The van der Waals surface area contributed by atoms with E-state index < -0.39 is 0 Å². The molecule has 0 unspecified atom stereocenters. The van der Waals surface area contributed by atoms with E-state index in [1.165, 1.54) is 6.08 Å². The van der Waals surface area contributed by atoms with E-state index >= 15 is 0 Å². The van der Waals surface area contributed by atoms with Crippen LogP contribution in [-0.4, -0.2) is 11.1 Å². The SMILES string of the molecule is O=C=Nc1ccc2oc(-c3ccccc3)nc2c1. The summed E-state index contributed by atoms with van der Waals surface area (Å²) in [6.07, 6.45) is 1.50. The molecule has 0 aliphatic rings. The first-order valence-electron chi connectivity index (χ1n) is 5.41. The van der Waals surface area contributed by atoms with Crippen LogP contribution in [0.4, 0.5) is 5.69 Å². The summed E-state index contributed by atoms with van der Waals surface area (Å²) in [6.45, 7) is 0. The molecule has 0 aliphatic carbocycles. The van der Waals surface area contributed by atoms with Gasteiger partial charge in [-0.2, -0.15) is 4.99 Å². The maximum absolute atomic E-state index is 10.2. The molecule has 3 aromatic rings. The third-order valence-corrected chi connectivity index (χ3v) is 2.57. The van der Waals surface area contributed by atoms with Crippen molar-refractivity contribution in [3.8, 4) is 11.5 Å². The normalized spacial score (nSPS) is 10.2. The quantitative estimate of drug-likeness (QED) is 0.505. The van der Waals surface area contributed by atoms with Gasteiger partial charge in [0.25, 0.3) is 0 Å². The van der Waals surface area contributed by atoms with Crippen molar-refractivity contribution in [2.45, 2.75) is 0 Å². The van der Waals surface area contributed by atoms with Gasteiger partial charge in [-0.3, -0.25) is 0 Å². The zero-order valence-corrected chi connectivity index (χ0v) is 9.33. The minimum absolute atomic E-state index is 0.519. The van der Waals surface area contributed by atoms with Crippen LogP contribution in [-0.2, 0) is 4.79 Å². The number of hydrogen-bond acceptors (Lipinski definition) is 4. The van der Waals surface area contributed by atoms with E-state index in [0.717, 1.165) is 5.56 Å². The van der Waals surface area contributed by atoms with E-state index in [1.807, 2.05) is 30.3 Å². The summed E-state index contributed by atoms with van der Waals surface area (Å²) in [5.74, 6) is 0.554. The average molecular weight is 236 g/mol. The van der Waals surface area contributed by atoms with E-state index in [2.05, 4.69) is 9.98 Å². The van der Waals surface area contributed by atoms with E-state index in [9.17, 15) is 4.79 Å². The van der Waals surface area contributed by atoms with Gasteiger partial charge in [0.1, 0.15) is 5.52 Å². The molecule has 0 bridgehead atoms. The molecule has 0 saturated heterocycles. The van der Waals surface area contributed by atoms with Crippen LogP contribution in [0.15, 0.2) is 57.9 Å². The fourth-order valence-corrected chi connectivity index (χ4v) is 1.74. The fraction of sp³-hybridized carbons (Fsp3) is 0. The first kappa shape index (κ1) is 10.4. The van der Waals surface area contributed by atoms with Gasteiger partial charge in [-0.05, 0) is 30.3 Å². The van der Waals surface area contributed by atoms with Crippen molar-refractivity contribution in [2.75, 3.05) is 0 Å². The molecule has 0 N–H and O–H groups in total. The number of benzene rings is 2. The molecule has 2 aromatic carbocycles. The van der Waals surface area contributed by atoms with E-state index in [0.29, 0.717) is 22.7 Å². The minimum Gasteiger partial charge on any atom is -0.436 e. The van der Waals surface area contributed by atoms with Gasteiger partial charge >= 0.3 is 0 Å². The summed E-state index contributed by atoms with van der Waals surface area (Å²) in [4.78, 5) is 18.1. The summed E-state index contributed by atoms with van der Waals surface area (Å²) in [6, 6.07) is 14.8. The maximum Gasteiger partial charge on any atom is 0.240 e. The van der Waals surface area contributed by atoms with E-state index in [1.54, 1.807) is 18.2 Å². The van der Waals surface area contributed by atoms with E-state index in [-0.39, 0.29) is 0 Å². The van der Waals surface area contributed by atoms with Crippen molar-refractivity contribution in [1.29, 1.82) is 0 Å². The summed E-state index contributed by atoms with van der Waals surface area (Å²) < 4.78 is 5.64. The van der Waals surface area contributed by atoms with Crippen molar-refractivity contribution in [3.05, 3.63) is 48.5 Å². The van der Waals surface area contributed by atoms with Gasteiger partial charge in [-0.1, -0.05) is 18.2 Å². The van der Waals surface area contributed by atoms with Crippen LogP contribution >= 0.6 is 0 Å². The number of fused-ring (bicyclic) bond motifs is 1. The smallest absolute Gasteiger partial charge is 0.240 e. The zero-order chi connectivity index (χ0) is 12.4. The first-order chi connectivity index (χ1) is 8.86. The molecule has 0 spiro atoms. The van der Waals surface area contributed by atoms with Crippen LogP contribution in [0.25, 0.3) is 22.6 Å². The molecule has 0 aliphatic heterocycles. The van der Waals surface area contributed by atoms with Gasteiger partial charge < -0.3 is 4.42 Å². The van der Waals surface area contributed by atoms with Crippen LogP contribution in [0.1, 0.15) is 0 Å². The largest absolute Gasteiger partial charge is 0.436 e. The average Bonchev–Trinajstić information content (AvgIpc) is 2.83. The summed E-state index contributed by atoms with van der Waals surface area (Å²) in [7, 11) is 0. The standard InChI is InChI=1S/C14H8N2O2/c17-9-15-11-6-7-13-12(8-11)16-14(18-13)10-4-2-1-3-5-10/h1-8H. The summed E-state index contributed by atoms with van der Waals surface area (Å²) >= 11 is 0. The fourth-order valence-electron chi connectivity index (χ4n) is 1.74. The van der Waals surface area contributed by atoms with Crippen LogP contribution in [0.3, 0.4) is 0 Å². The number of nitrogens with zero attached hydrogens (tertiary/aromatic N) is 2. The van der Waals surface area contributed by atoms with Gasteiger partial charge in [-0.25, -0.2) is 9.78 Å². The molecule has 4 nitrogen and oxygen atoms in total. The van der Waals surface area contributed by atoms with Gasteiger partial charge in [0.05, 0.1) is 5.69 Å². The number of aromatic nitrogens is 1. The zero-order valence-electron chi connectivity index (χ0n) is 9.33. The number of isocyanates is 1. The van der Waals surface area contributed by atoms with Gasteiger partial charge in [0.15, 0.2) is 5.58 Å². The first-order valence-corrected chi connectivity index (χ1v) is 5.41. The Labute approximate surface area is 103 Å². The molecular formula is C14H8N2O2. The van der Waals surface area contributed by atoms with Crippen molar-refractivity contribution in [3.63, 3.8) is 0 Å². The topological polar surface area (TPSA) is 55.5 Å². The molecule has 3 rings (SSSR count). The third kappa shape index (κ3) is 1.81. The van der Waals surface area contributed by atoms with Gasteiger partial charge in [-0.15, -0.1) is 0 Å². The Morgan fingerprint density at radius 2 is 1.94 bits per heavy atom. The monoisotopic (exact) mass is 236 g/mol. The molecular weight excluding hydrogens is 228 g/mol. The Hall–Kier alpha value is -2.71. The molecule has 1 aromatic heterocycles. The highest BCUT2D eigenvalue weighted by molar-refractivity contribution is 5.79. The second kappa shape index (κ2) is 4.28. The Morgan fingerprint density at radius 1 is 1.11 bits per heavy atom. The van der Waals surface area contributed by atoms with E-state index in [4.69, 9.17) is 4.42 Å². The van der Waals surface area contributed by atoms with Gasteiger partial charge in [0.2, 0.25) is 12.0 Å². The molecule has 4 heteroatoms. The highest BCUT2D eigenvalue weighted by Crippen LogP contribution is 2.26. The molecule has 0 amide bonds. The molecule has 0 fully saturated rings. The molecule has 0 saturated carbocycles. The molecule has 86 valence electrons. The molecule has 1 heterocycles. The minimum atomic E-state index is 0.519. The lowest BCUT2D eigenvalue weighted by atomic mass is 10.2. The lowest BCUT2D eigenvalue weighted by molar-refractivity contribution is 0.565. The van der Waals surface area contributed by atoms with Crippen LogP contribution < -0.4 is 0 Å². The van der Waals surface area contributed by atoms with Crippen LogP contribution in [0.2, 0.25) is 0 Å². The van der Waals surface area contributed by atoms with Crippen molar-refractivity contribution in [1.82, 2.24) is 4.98 Å². The highest BCUT2D eigenvalue weighted by atomic mass is 16.3. The number of hydrogen-bond donors (Lipinski definition) is 0. The number of rotatable bonds is 2. The Kier molecular flexibility index (Phi) is 2.48. The number of carbonyl (C=O) groups excluding carboxylic acids is 1. The highest BCUT2D eigenvalue weighted by Gasteiger charge is 2.07. The Balaban J connectivity index is 2.14. The summed E-state index contributed by atoms with van der Waals surface area (Å²) in [5.41, 5.74) is 2.77. The predicted octanol–water partition coefficient (Wildman–Crippen LogP) is 3.46. The van der Waals surface area contributed by atoms with Crippen LogP contribution in [0, 0.1) is 0 Å². The lowest BCUT2D eigenvalue weighted by Crippen LogP contribution is -1.74. The molecule has 18 heavy (non-hydrogen) atoms. The van der Waals surface area contributed by atoms with Crippen molar-refractivity contribution < 1.29 is 9.21 Å².